The molecule has 1 aliphatic rings. The summed E-state index contributed by atoms with van der Waals surface area (Å²) >= 11 is 3.51. The molecule has 5 nitrogen and oxygen atoms in total. The van der Waals surface area contributed by atoms with E-state index in [1.807, 2.05) is 30.3 Å². The Bertz CT molecular complexity index is 1190. The van der Waals surface area contributed by atoms with Crippen LogP contribution >= 0.6 is 15.9 Å². The molecule has 3 aromatic rings. The van der Waals surface area contributed by atoms with Gasteiger partial charge in [0.2, 0.25) is 5.90 Å². The molecule has 0 radical (unpaired) electrons. The van der Waals surface area contributed by atoms with Crippen LogP contribution in [0, 0.1) is 5.82 Å². The first-order valence-electron chi connectivity index (χ1n) is 9.36. The van der Waals surface area contributed by atoms with E-state index in [0.29, 0.717) is 33.7 Å². The molecule has 0 saturated heterocycles. The van der Waals surface area contributed by atoms with Crippen LogP contribution in [0.3, 0.4) is 0 Å². The third-order valence-electron chi connectivity index (χ3n) is 4.47. The van der Waals surface area contributed by atoms with Crippen molar-refractivity contribution in [2.45, 2.75) is 6.61 Å². The molecule has 0 spiro atoms. The predicted molar refractivity (Wildman–Crippen MR) is 118 cm³/mol. The van der Waals surface area contributed by atoms with Gasteiger partial charge < -0.3 is 14.2 Å². The van der Waals surface area contributed by atoms with Crippen molar-refractivity contribution >= 4 is 33.9 Å². The summed E-state index contributed by atoms with van der Waals surface area (Å²) in [6.45, 7) is 0.379. The van der Waals surface area contributed by atoms with Crippen molar-refractivity contribution in [1.82, 2.24) is 0 Å². The van der Waals surface area contributed by atoms with Gasteiger partial charge >= 0.3 is 5.97 Å². The summed E-state index contributed by atoms with van der Waals surface area (Å²) in [5, 5.41) is 0. The highest BCUT2D eigenvalue weighted by atomic mass is 79.9. The molecule has 0 fully saturated rings. The Morgan fingerprint density at radius 2 is 1.90 bits per heavy atom. The zero-order chi connectivity index (χ0) is 21.8. The fraction of sp³-hybridized carbons (Fsp3) is 0.0833. The maximum Gasteiger partial charge on any atom is 0.363 e. The average molecular weight is 482 g/mol. The van der Waals surface area contributed by atoms with Crippen molar-refractivity contribution in [3.8, 4) is 11.5 Å². The van der Waals surface area contributed by atoms with Gasteiger partial charge in [-0.3, -0.25) is 0 Å². The van der Waals surface area contributed by atoms with Crippen molar-refractivity contribution in [1.29, 1.82) is 0 Å². The lowest BCUT2D eigenvalue weighted by molar-refractivity contribution is -0.129. The number of hydrogen-bond donors (Lipinski definition) is 0. The highest BCUT2D eigenvalue weighted by Gasteiger charge is 2.24. The van der Waals surface area contributed by atoms with Gasteiger partial charge in [0.15, 0.2) is 17.2 Å². The number of benzene rings is 3. The monoisotopic (exact) mass is 481 g/mol. The molecule has 0 amide bonds. The minimum Gasteiger partial charge on any atom is -0.493 e. The van der Waals surface area contributed by atoms with Gasteiger partial charge in [-0.15, -0.1) is 0 Å². The van der Waals surface area contributed by atoms with Crippen LogP contribution in [0.5, 0.6) is 11.5 Å². The highest BCUT2D eigenvalue weighted by Crippen LogP contribution is 2.38. The maximum absolute atomic E-state index is 13.5. The molecule has 0 aliphatic carbocycles. The number of hydrogen-bond acceptors (Lipinski definition) is 5. The van der Waals surface area contributed by atoms with Gasteiger partial charge in [-0.2, -0.15) is 0 Å². The number of halogens is 2. The summed E-state index contributed by atoms with van der Waals surface area (Å²) < 4.78 is 30.7. The van der Waals surface area contributed by atoms with Crippen LogP contribution in [0.15, 0.2) is 81.9 Å². The molecule has 1 heterocycles. The van der Waals surface area contributed by atoms with Crippen molar-refractivity contribution < 1.29 is 23.4 Å². The second-order valence-electron chi connectivity index (χ2n) is 6.65. The zero-order valence-electron chi connectivity index (χ0n) is 16.5. The molecule has 4 rings (SSSR count). The van der Waals surface area contributed by atoms with Crippen molar-refractivity contribution in [3.05, 3.63) is 99.4 Å². The predicted octanol–water partition coefficient (Wildman–Crippen LogP) is 5.52. The molecule has 0 N–H and O–H groups in total. The minimum atomic E-state index is -0.612. The molecule has 0 atom stereocenters. The lowest BCUT2D eigenvalue weighted by atomic mass is 10.1. The number of esters is 1. The van der Waals surface area contributed by atoms with E-state index in [1.165, 1.54) is 25.3 Å². The van der Waals surface area contributed by atoms with Gasteiger partial charge in [0, 0.05) is 5.56 Å². The fourth-order valence-corrected chi connectivity index (χ4v) is 3.58. The van der Waals surface area contributed by atoms with E-state index >= 15 is 0 Å². The van der Waals surface area contributed by atoms with E-state index in [1.54, 1.807) is 24.3 Å². The van der Waals surface area contributed by atoms with Crippen LogP contribution in [0.25, 0.3) is 6.08 Å². The van der Waals surface area contributed by atoms with Crippen LogP contribution in [-0.4, -0.2) is 19.0 Å². The molecule has 156 valence electrons. The lowest BCUT2D eigenvalue weighted by Crippen LogP contribution is -2.05. The first kappa shape index (κ1) is 20.8. The molecular weight excluding hydrogens is 465 g/mol. The summed E-state index contributed by atoms with van der Waals surface area (Å²) in [5.41, 5.74) is 2.17. The summed E-state index contributed by atoms with van der Waals surface area (Å²) in [5.74, 6) is 0.0566. The second-order valence-corrected chi connectivity index (χ2v) is 7.51. The smallest absolute Gasteiger partial charge is 0.363 e. The number of methoxy groups -OCH3 is 1. The third kappa shape index (κ3) is 4.83. The molecule has 0 bridgehead atoms. The highest BCUT2D eigenvalue weighted by molar-refractivity contribution is 9.10. The van der Waals surface area contributed by atoms with Gasteiger partial charge in [-0.1, -0.05) is 36.4 Å². The number of cyclic esters (lactones) is 1. The van der Waals surface area contributed by atoms with E-state index < -0.39 is 11.8 Å². The fourth-order valence-electron chi connectivity index (χ4n) is 3.00. The van der Waals surface area contributed by atoms with Crippen LogP contribution < -0.4 is 9.47 Å². The molecule has 31 heavy (non-hydrogen) atoms. The van der Waals surface area contributed by atoms with Crippen LogP contribution in [-0.2, 0) is 16.1 Å². The molecule has 7 heteroatoms. The number of rotatable bonds is 6. The van der Waals surface area contributed by atoms with E-state index in [2.05, 4.69) is 20.9 Å². The van der Waals surface area contributed by atoms with E-state index in [0.717, 1.165) is 5.56 Å². The quantitative estimate of drug-likeness (QED) is 0.343. The van der Waals surface area contributed by atoms with Crippen LogP contribution in [0.4, 0.5) is 4.39 Å². The zero-order valence-corrected chi connectivity index (χ0v) is 18.1. The summed E-state index contributed by atoms with van der Waals surface area (Å²) in [4.78, 5) is 16.5. The Morgan fingerprint density at radius 3 is 2.65 bits per heavy atom. The Balaban J connectivity index is 1.60. The van der Waals surface area contributed by atoms with Crippen LogP contribution in [0.2, 0.25) is 0 Å². The number of nitrogens with zero attached hydrogens (tertiary/aromatic N) is 1. The van der Waals surface area contributed by atoms with Crippen molar-refractivity contribution in [2.24, 2.45) is 4.99 Å². The Morgan fingerprint density at radius 1 is 1.10 bits per heavy atom. The molecular formula is C24H17BrFNO4. The molecule has 3 aromatic carbocycles. The van der Waals surface area contributed by atoms with E-state index in [9.17, 15) is 9.18 Å². The average Bonchev–Trinajstić information content (AvgIpc) is 3.13. The second kappa shape index (κ2) is 9.14. The first-order valence-corrected chi connectivity index (χ1v) is 10.2. The first-order chi connectivity index (χ1) is 15.0. The van der Waals surface area contributed by atoms with Gasteiger partial charge in [-0.05, 0) is 63.5 Å². The van der Waals surface area contributed by atoms with Gasteiger partial charge in [0.25, 0.3) is 0 Å². The maximum atomic E-state index is 13.5. The van der Waals surface area contributed by atoms with Gasteiger partial charge in [0.1, 0.15) is 12.4 Å². The van der Waals surface area contributed by atoms with Crippen molar-refractivity contribution in [2.75, 3.05) is 7.11 Å². The summed E-state index contributed by atoms with van der Waals surface area (Å²) in [6.07, 6.45) is 1.57. The number of aliphatic imine (C=N–C) groups is 1. The minimum absolute atomic E-state index is 0.0598. The SMILES string of the molecule is COc1cc(/C=C2\N=C(c3cccc(F)c3)OC2=O)cc(Br)c1OCc1ccccc1. The van der Waals surface area contributed by atoms with Crippen molar-refractivity contribution in [3.63, 3.8) is 0 Å². The van der Waals surface area contributed by atoms with E-state index in [-0.39, 0.29) is 11.6 Å². The third-order valence-corrected chi connectivity index (χ3v) is 5.06. The number of ether oxygens (including phenoxy) is 3. The number of carbonyl (C=O) groups excluding carboxylic acids is 1. The molecule has 0 saturated carbocycles. The van der Waals surface area contributed by atoms with Gasteiger partial charge in [-0.25, -0.2) is 14.2 Å². The Kier molecular flexibility index (Phi) is 6.13. The van der Waals surface area contributed by atoms with Crippen LogP contribution in [0.1, 0.15) is 16.7 Å². The van der Waals surface area contributed by atoms with E-state index in [4.69, 9.17) is 14.2 Å². The lowest BCUT2D eigenvalue weighted by Gasteiger charge is -2.13. The Hall–Kier alpha value is -3.45. The topological polar surface area (TPSA) is 57.1 Å². The summed E-state index contributed by atoms with van der Waals surface area (Å²) in [7, 11) is 1.54. The molecule has 1 aliphatic heterocycles. The van der Waals surface area contributed by atoms with Gasteiger partial charge in [0.05, 0.1) is 11.6 Å². The molecule has 0 aromatic heterocycles. The standard InChI is InChI=1S/C24H17BrFNO4/c1-29-21-12-16(10-19(25)22(21)30-14-15-6-3-2-4-7-15)11-20-24(28)31-23(27-20)17-8-5-9-18(26)13-17/h2-13H,14H2,1H3/b20-11-. The summed E-state index contributed by atoms with van der Waals surface area (Å²) in [6, 6.07) is 19.0. The largest absolute Gasteiger partial charge is 0.493 e. The molecule has 0 unspecified atom stereocenters. The Labute approximate surface area is 186 Å². The number of carbonyl (C=O) groups is 1. The normalized spacial score (nSPS) is 14.4.